The molecule has 78 valence electrons. The lowest BCUT2D eigenvalue weighted by Gasteiger charge is -2.03. The number of oxazole rings is 1. The monoisotopic (exact) mass is 196 g/mol. The van der Waals surface area contributed by atoms with Crippen molar-refractivity contribution in [3.05, 3.63) is 17.8 Å². The molecule has 0 radical (unpaired) electrons. The molecule has 1 aliphatic heterocycles. The van der Waals surface area contributed by atoms with Crippen LogP contribution in [0.4, 0.5) is 0 Å². The minimum absolute atomic E-state index is 0.557. The average Bonchev–Trinajstić information content (AvgIpc) is 2.75. The summed E-state index contributed by atoms with van der Waals surface area (Å²) in [7, 11) is 0. The van der Waals surface area contributed by atoms with Crippen molar-refractivity contribution >= 4 is 0 Å². The first-order chi connectivity index (χ1) is 6.75. The Labute approximate surface area is 83.3 Å². The van der Waals surface area contributed by atoms with Crippen molar-refractivity contribution < 1.29 is 9.52 Å². The molecule has 0 saturated carbocycles. The zero-order chi connectivity index (χ0) is 9.97. The molecule has 0 bridgehead atoms. The summed E-state index contributed by atoms with van der Waals surface area (Å²) in [6.45, 7) is 3.82. The number of nitrogens with one attached hydrogen (secondary N) is 1. The molecular formula is C10H16N2O2. The van der Waals surface area contributed by atoms with Crippen LogP contribution in [0.3, 0.4) is 0 Å². The third-order valence-corrected chi connectivity index (χ3v) is 2.61. The van der Waals surface area contributed by atoms with Crippen LogP contribution in [-0.2, 0) is 6.42 Å². The molecule has 2 atom stereocenters. The van der Waals surface area contributed by atoms with E-state index in [-0.39, 0.29) is 0 Å². The number of hydrogen-bond acceptors (Lipinski definition) is 4. The van der Waals surface area contributed by atoms with Gasteiger partial charge in [0.25, 0.3) is 0 Å². The molecule has 0 amide bonds. The van der Waals surface area contributed by atoms with Gasteiger partial charge in [0.2, 0.25) is 0 Å². The van der Waals surface area contributed by atoms with Gasteiger partial charge in [-0.25, -0.2) is 4.98 Å². The van der Waals surface area contributed by atoms with Crippen molar-refractivity contribution in [2.45, 2.75) is 25.9 Å². The molecule has 4 heteroatoms. The first kappa shape index (κ1) is 9.68. The quantitative estimate of drug-likeness (QED) is 0.753. The van der Waals surface area contributed by atoms with Gasteiger partial charge in [-0.1, -0.05) is 0 Å². The molecule has 2 heterocycles. The molecule has 0 aliphatic carbocycles. The molecule has 14 heavy (non-hydrogen) atoms. The van der Waals surface area contributed by atoms with Crippen LogP contribution in [0.5, 0.6) is 0 Å². The van der Waals surface area contributed by atoms with Crippen LogP contribution in [0.2, 0.25) is 0 Å². The van der Waals surface area contributed by atoms with Gasteiger partial charge in [-0.05, 0) is 32.4 Å². The number of aliphatic hydroxyl groups excluding tert-OH is 1. The van der Waals surface area contributed by atoms with Gasteiger partial charge >= 0.3 is 0 Å². The van der Waals surface area contributed by atoms with E-state index in [4.69, 9.17) is 4.42 Å². The molecule has 0 aromatic carbocycles. The third-order valence-electron chi connectivity index (χ3n) is 2.61. The second kappa shape index (κ2) is 4.11. The van der Waals surface area contributed by atoms with Crippen molar-refractivity contribution in [1.29, 1.82) is 0 Å². The van der Waals surface area contributed by atoms with Crippen molar-refractivity contribution in [3.63, 3.8) is 0 Å². The fraction of sp³-hybridized carbons (Fsp3) is 0.700. The first-order valence-electron chi connectivity index (χ1n) is 5.09. The summed E-state index contributed by atoms with van der Waals surface area (Å²) in [6, 6.07) is 0. The second-order valence-electron chi connectivity index (χ2n) is 3.90. The fourth-order valence-corrected chi connectivity index (χ4v) is 1.75. The number of aliphatic hydroxyl groups is 1. The predicted octanol–water partition coefficient (Wildman–Crippen LogP) is 0.880. The standard InChI is InChI=1S/C10H16N2O2/c1-7(13)9-6-12-10(14-9)4-8-2-3-11-5-8/h6-8,11,13H,2-5H2,1H3. The van der Waals surface area contributed by atoms with Gasteiger partial charge < -0.3 is 14.8 Å². The van der Waals surface area contributed by atoms with Crippen LogP contribution < -0.4 is 5.32 Å². The Hall–Kier alpha value is -0.870. The van der Waals surface area contributed by atoms with E-state index in [9.17, 15) is 5.11 Å². The Morgan fingerprint density at radius 3 is 3.21 bits per heavy atom. The van der Waals surface area contributed by atoms with E-state index < -0.39 is 6.10 Å². The summed E-state index contributed by atoms with van der Waals surface area (Å²) in [5.41, 5.74) is 0. The molecule has 2 N–H and O–H groups in total. The van der Waals surface area contributed by atoms with Crippen molar-refractivity contribution in [2.24, 2.45) is 5.92 Å². The maximum absolute atomic E-state index is 9.25. The van der Waals surface area contributed by atoms with E-state index in [1.807, 2.05) is 0 Å². The number of hydrogen-bond donors (Lipinski definition) is 2. The van der Waals surface area contributed by atoms with E-state index in [2.05, 4.69) is 10.3 Å². The summed E-state index contributed by atoms with van der Waals surface area (Å²) in [5.74, 6) is 1.94. The molecule has 1 fully saturated rings. The SMILES string of the molecule is CC(O)c1cnc(CC2CCNC2)o1. The first-order valence-corrected chi connectivity index (χ1v) is 5.09. The molecule has 4 nitrogen and oxygen atoms in total. The van der Waals surface area contributed by atoms with Crippen molar-refractivity contribution in [2.75, 3.05) is 13.1 Å². The van der Waals surface area contributed by atoms with Crippen LogP contribution in [0.1, 0.15) is 31.1 Å². The van der Waals surface area contributed by atoms with Crippen molar-refractivity contribution in [1.82, 2.24) is 10.3 Å². The largest absolute Gasteiger partial charge is 0.443 e. The Morgan fingerprint density at radius 1 is 1.79 bits per heavy atom. The van der Waals surface area contributed by atoms with Gasteiger partial charge in [-0.15, -0.1) is 0 Å². The van der Waals surface area contributed by atoms with Gasteiger partial charge in [0.1, 0.15) is 6.10 Å². The highest BCUT2D eigenvalue weighted by Gasteiger charge is 2.18. The van der Waals surface area contributed by atoms with Crippen LogP contribution in [-0.4, -0.2) is 23.2 Å². The Kier molecular flexibility index (Phi) is 2.84. The minimum Gasteiger partial charge on any atom is -0.443 e. The lowest BCUT2D eigenvalue weighted by molar-refractivity contribution is 0.166. The van der Waals surface area contributed by atoms with E-state index >= 15 is 0 Å². The molecule has 1 aliphatic rings. The second-order valence-corrected chi connectivity index (χ2v) is 3.90. The summed E-state index contributed by atoms with van der Waals surface area (Å²) in [5, 5.41) is 12.6. The Morgan fingerprint density at radius 2 is 2.64 bits per heavy atom. The highest BCUT2D eigenvalue weighted by atomic mass is 16.4. The lowest BCUT2D eigenvalue weighted by atomic mass is 10.1. The normalized spacial score (nSPS) is 24.0. The van der Waals surface area contributed by atoms with Gasteiger partial charge in [0.05, 0.1) is 6.20 Å². The average molecular weight is 196 g/mol. The molecule has 2 unspecified atom stereocenters. The summed E-state index contributed by atoms with van der Waals surface area (Å²) >= 11 is 0. The molecule has 1 aromatic rings. The number of rotatable bonds is 3. The minimum atomic E-state index is -0.557. The molecule has 2 rings (SSSR count). The van der Waals surface area contributed by atoms with E-state index in [1.165, 1.54) is 6.42 Å². The van der Waals surface area contributed by atoms with Crippen LogP contribution >= 0.6 is 0 Å². The molecule has 0 spiro atoms. The number of aromatic nitrogens is 1. The summed E-state index contributed by atoms with van der Waals surface area (Å²) in [6.07, 6.45) is 3.12. The highest BCUT2D eigenvalue weighted by molar-refractivity contribution is 4.98. The smallest absolute Gasteiger partial charge is 0.194 e. The lowest BCUT2D eigenvalue weighted by Crippen LogP contribution is -2.10. The zero-order valence-electron chi connectivity index (χ0n) is 8.36. The predicted molar refractivity (Wildman–Crippen MR) is 51.8 cm³/mol. The van der Waals surface area contributed by atoms with Gasteiger partial charge in [-0.2, -0.15) is 0 Å². The fourth-order valence-electron chi connectivity index (χ4n) is 1.75. The van der Waals surface area contributed by atoms with E-state index in [0.29, 0.717) is 11.7 Å². The Bertz CT molecular complexity index is 290. The van der Waals surface area contributed by atoms with E-state index in [1.54, 1.807) is 13.1 Å². The summed E-state index contributed by atoms with van der Waals surface area (Å²) < 4.78 is 5.42. The third kappa shape index (κ3) is 2.13. The highest BCUT2D eigenvalue weighted by Crippen LogP contribution is 2.18. The zero-order valence-corrected chi connectivity index (χ0v) is 8.36. The number of nitrogens with zero attached hydrogens (tertiary/aromatic N) is 1. The Balaban J connectivity index is 1.95. The van der Waals surface area contributed by atoms with Crippen LogP contribution in [0.15, 0.2) is 10.6 Å². The summed E-state index contributed by atoms with van der Waals surface area (Å²) in [4.78, 5) is 4.15. The maximum Gasteiger partial charge on any atom is 0.194 e. The van der Waals surface area contributed by atoms with Gasteiger partial charge in [-0.3, -0.25) is 0 Å². The molecule has 1 saturated heterocycles. The van der Waals surface area contributed by atoms with Crippen LogP contribution in [0, 0.1) is 5.92 Å². The topological polar surface area (TPSA) is 58.3 Å². The van der Waals surface area contributed by atoms with Gasteiger partial charge in [0, 0.05) is 6.42 Å². The van der Waals surface area contributed by atoms with Gasteiger partial charge in [0.15, 0.2) is 11.7 Å². The van der Waals surface area contributed by atoms with Crippen LogP contribution in [0.25, 0.3) is 0 Å². The van der Waals surface area contributed by atoms with Crippen molar-refractivity contribution in [3.8, 4) is 0 Å². The molecule has 1 aromatic heterocycles. The maximum atomic E-state index is 9.25. The molecular weight excluding hydrogens is 180 g/mol. The van der Waals surface area contributed by atoms with E-state index in [0.717, 1.165) is 25.4 Å².